The number of ether oxygens (including phenoxy) is 1. The van der Waals surface area contributed by atoms with E-state index in [-0.39, 0.29) is 18.1 Å². The first-order valence-electron chi connectivity index (χ1n) is 7.02. The Hall–Kier alpha value is -1.34. The molecule has 6 nitrogen and oxygen atoms in total. The molecule has 2 bridgehead atoms. The first-order chi connectivity index (χ1) is 9.58. The molecular formula is C13H20N4O2S. The quantitative estimate of drug-likeness (QED) is 0.873. The van der Waals surface area contributed by atoms with Crippen LogP contribution in [-0.4, -0.2) is 42.7 Å². The van der Waals surface area contributed by atoms with E-state index in [4.69, 9.17) is 10.5 Å². The Morgan fingerprint density at radius 3 is 3.00 bits per heavy atom. The van der Waals surface area contributed by atoms with E-state index < -0.39 is 0 Å². The van der Waals surface area contributed by atoms with Gasteiger partial charge in [0.1, 0.15) is 10.7 Å². The van der Waals surface area contributed by atoms with Crippen LogP contribution in [-0.2, 0) is 4.74 Å². The summed E-state index contributed by atoms with van der Waals surface area (Å²) in [4.78, 5) is 19.1. The number of nitrogen functional groups attached to an aromatic ring is 1. The number of amides is 1. The molecule has 110 valence electrons. The van der Waals surface area contributed by atoms with Gasteiger partial charge in [-0.05, 0) is 26.2 Å². The van der Waals surface area contributed by atoms with Crippen molar-refractivity contribution >= 4 is 28.2 Å². The van der Waals surface area contributed by atoms with E-state index >= 15 is 0 Å². The van der Waals surface area contributed by atoms with Gasteiger partial charge < -0.3 is 20.7 Å². The summed E-state index contributed by atoms with van der Waals surface area (Å²) in [5.41, 5.74) is 5.87. The summed E-state index contributed by atoms with van der Waals surface area (Å²) >= 11 is 1.34. The molecule has 1 aromatic heterocycles. The van der Waals surface area contributed by atoms with Gasteiger partial charge in [0.2, 0.25) is 0 Å². The molecule has 3 atom stereocenters. The number of hydrogen-bond donors (Lipinski definition) is 2. The number of thiazole rings is 1. The number of carbonyl (C=O) groups excluding carboxylic acids is 1. The largest absolute Gasteiger partial charge is 0.382 e. The molecule has 1 amide bonds. The molecule has 2 aliphatic rings. The summed E-state index contributed by atoms with van der Waals surface area (Å²) in [7, 11) is 1.93. The third kappa shape index (κ3) is 2.35. The van der Waals surface area contributed by atoms with Gasteiger partial charge in [-0.25, -0.2) is 4.98 Å². The first kappa shape index (κ1) is 13.6. The number of hydrogen-bond acceptors (Lipinski definition) is 6. The van der Waals surface area contributed by atoms with Crippen molar-refractivity contribution in [3.8, 4) is 0 Å². The summed E-state index contributed by atoms with van der Waals surface area (Å²) in [5.74, 6) is 0.184. The molecule has 3 heterocycles. The Bertz CT molecular complexity index is 518. The SMILES string of the molecule is CCN(C)c1nc(N)c(C(=O)NC2CC3CCC2O3)s1. The van der Waals surface area contributed by atoms with Crippen molar-refractivity contribution in [3.63, 3.8) is 0 Å². The molecule has 3 unspecified atom stereocenters. The number of nitrogens with one attached hydrogen (secondary N) is 1. The fourth-order valence-electron chi connectivity index (χ4n) is 2.81. The molecule has 0 aromatic carbocycles. The highest BCUT2D eigenvalue weighted by Gasteiger charge is 2.41. The van der Waals surface area contributed by atoms with Crippen LogP contribution < -0.4 is 16.0 Å². The molecule has 3 N–H and O–H groups in total. The van der Waals surface area contributed by atoms with Crippen LogP contribution >= 0.6 is 11.3 Å². The van der Waals surface area contributed by atoms with E-state index in [1.807, 2.05) is 18.9 Å². The predicted molar refractivity (Wildman–Crippen MR) is 79.2 cm³/mol. The van der Waals surface area contributed by atoms with Crippen molar-refractivity contribution in [2.24, 2.45) is 0 Å². The Kier molecular flexibility index (Phi) is 3.55. The lowest BCUT2D eigenvalue weighted by Gasteiger charge is -2.19. The summed E-state index contributed by atoms with van der Waals surface area (Å²) in [6.45, 7) is 2.86. The van der Waals surface area contributed by atoms with E-state index in [0.29, 0.717) is 16.8 Å². The second kappa shape index (κ2) is 5.21. The number of anilines is 2. The van der Waals surface area contributed by atoms with E-state index in [1.165, 1.54) is 11.3 Å². The van der Waals surface area contributed by atoms with Crippen molar-refractivity contribution in [1.82, 2.24) is 10.3 Å². The molecule has 0 aliphatic carbocycles. The van der Waals surface area contributed by atoms with Crippen LogP contribution in [0.25, 0.3) is 0 Å². The molecule has 1 aromatic rings. The lowest BCUT2D eigenvalue weighted by atomic mass is 9.95. The number of fused-ring (bicyclic) bond motifs is 2. The zero-order valence-electron chi connectivity index (χ0n) is 11.8. The zero-order valence-corrected chi connectivity index (χ0v) is 12.6. The van der Waals surface area contributed by atoms with Gasteiger partial charge in [0.25, 0.3) is 5.91 Å². The first-order valence-corrected chi connectivity index (χ1v) is 7.84. The third-order valence-corrected chi connectivity index (χ3v) is 5.26. The number of rotatable bonds is 4. The standard InChI is InChI=1S/C13H20N4O2S/c1-3-17(2)13-16-11(14)10(20-13)12(18)15-8-6-7-4-5-9(8)19-7/h7-9H,3-6,14H2,1-2H3,(H,15,18). The van der Waals surface area contributed by atoms with Gasteiger partial charge in [-0.2, -0.15) is 0 Å². The topological polar surface area (TPSA) is 80.5 Å². The number of nitrogens with zero attached hydrogens (tertiary/aromatic N) is 2. The fourth-order valence-corrected chi connectivity index (χ4v) is 3.72. The van der Waals surface area contributed by atoms with Crippen LogP contribution in [0.1, 0.15) is 35.9 Å². The maximum Gasteiger partial charge on any atom is 0.265 e. The minimum atomic E-state index is -0.128. The van der Waals surface area contributed by atoms with Crippen LogP contribution in [0.5, 0.6) is 0 Å². The number of aromatic nitrogens is 1. The highest BCUT2D eigenvalue weighted by atomic mass is 32.1. The van der Waals surface area contributed by atoms with Gasteiger partial charge in [0.15, 0.2) is 5.13 Å². The molecule has 2 fully saturated rings. The lowest BCUT2D eigenvalue weighted by molar-refractivity contribution is 0.0844. The molecular weight excluding hydrogens is 276 g/mol. The van der Waals surface area contributed by atoms with Gasteiger partial charge in [0, 0.05) is 13.6 Å². The highest BCUT2D eigenvalue weighted by molar-refractivity contribution is 7.18. The maximum atomic E-state index is 12.3. The molecule has 7 heteroatoms. The van der Waals surface area contributed by atoms with Crippen LogP contribution in [0.15, 0.2) is 0 Å². The number of nitrogens with two attached hydrogens (primary N) is 1. The van der Waals surface area contributed by atoms with Crippen LogP contribution in [0.3, 0.4) is 0 Å². The summed E-state index contributed by atoms with van der Waals surface area (Å²) < 4.78 is 5.75. The monoisotopic (exact) mass is 296 g/mol. The average molecular weight is 296 g/mol. The van der Waals surface area contributed by atoms with Crippen molar-refractivity contribution in [3.05, 3.63) is 4.88 Å². The van der Waals surface area contributed by atoms with Gasteiger partial charge in [0.05, 0.1) is 18.2 Å². The molecule has 0 radical (unpaired) electrons. The van der Waals surface area contributed by atoms with Crippen molar-refractivity contribution < 1.29 is 9.53 Å². The van der Waals surface area contributed by atoms with E-state index in [2.05, 4.69) is 10.3 Å². The average Bonchev–Trinajstić information content (AvgIpc) is 3.12. The molecule has 20 heavy (non-hydrogen) atoms. The Labute approximate surface area is 122 Å². The van der Waals surface area contributed by atoms with E-state index in [1.54, 1.807) is 0 Å². The summed E-state index contributed by atoms with van der Waals surface area (Å²) in [6, 6.07) is 0.120. The Morgan fingerprint density at radius 1 is 1.60 bits per heavy atom. The van der Waals surface area contributed by atoms with Crippen LogP contribution in [0.4, 0.5) is 10.9 Å². The Balaban J connectivity index is 1.69. The van der Waals surface area contributed by atoms with Crippen molar-refractivity contribution in [1.29, 1.82) is 0 Å². The second-order valence-electron chi connectivity index (χ2n) is 5.41. The minimum absolute atomic E-state index is 0.120. The van der Waals surface area contributed by atoms with Crippen LogP contribution in [0.2, 0.25) is 0 Å². The lowest BCUT2D eigenvalue weighted by Crippen LogP contribution is -2.41. The smallest absolute Gasteiger partial charge is 0.265 e. The predicted octanol–water partition coefficient (Wildman–Crippen LogP) is 1.23. The molecule has 3 rings (SSSR count). The molecule has 0 spiro atoms. The van der Waals surface area contributed by atoms with E-state index in [0.717, 1.165) is 30.9 Å². The maximum absolute atomic E-state index is 12.3. The zero-order chi connectivity index (χ0) is 14.3. The van der Waals surface area contributed by atoms with Gasteiger partial charge in [-0.1, -0.05) is 11.3 Å². The Morgan fingerprint density at radius 2 is 2.40 bits per heavy atom. The van der Waals surface area contributed by atoms with Gasteiger partial charge >= 0.3 is 0 Å². The van der Waals surface area contributed by atoms with Gasteiger partial charge in [-0.15, -0.1) is 0 Å². The van der Waals surface area contributed by atoms with Crippen LogP contribution in [0, 0.1) is 0 Å². The highest BCUT2D eigenvalue weighted by Crippen LogP contribution is 2.35. The molecule has 2 saturated heterocycles. The molecule has 0 saturated carbocycles. The third-order valence-electron chi connectivity index (χ3n) is 4.07. The van der Waals surface area contributed by atoms with Gasteiger partial charge in [-0.3, -0.25) is 4.79 Å². The normalized spacial score (nSPS) is 27.8. The van der Waals surface area contributed by atoms with E-state index in [9.17, 15) is 4.79 Å². The fraction of sp³-hybridized carbons (Fsp3) is 0.692. The second-order valence-corrected chi connectivity index (χ2v) is 6.39. The number of carbonyl (C=O) groups is 1. The minimum Gasteiger partial charge on any atom is -0.382 e. The summed E-state index contributed by atoms with van der Waals surface area (Å²) in [6.07, 6.45) is 3.57. The van der Waals surface area contributed by atoms with Crippen molar-refractivity contribution in [2.45, 2.75) is 44.4 Å². The van der Waals surface area contributed by atoms with Crippen molar-refractivity contribution in [2.75, 3.05) is 24.2 Å². The summed E-state index contributed by atoms with van der Waals surface area (Å²) in [5, 5.41) is 3.82. The molecule has 2 aliphatic heterocycles.